The van der Waals surface area contributed by atoms with Gasteiger partial charge >= 0.3 is 0 Å². The molecule has 0 saturated heterocycles. The molecule has 1 aromatic carbocycles. The Labute approximate surface area is 110 Å². The number of nitrogens with two attached hydrogens (primary N) is 1. The lowest BCUT2D eigenvalue weighted by Crippen LogP contribution is -2.29. The summed E-state index contributed by atoms with van der Waals surface area (Å²) < 4.78 is 0. The van der Waals surface area contributed by atoms with Crippen LogP contribution in [0.3, 0.4) is 0 Å². The van der Waals surface area contributed by atoms with Crippen LogP contribution < -0.4 is 11.1 Å². The summed E-state index contributed by atoms with van der Waals surface area (Å²) in [6, 6.07) is 6.09. The number of carbonyl (C=O) groups is 1. The Morgan fingerprint density at radius 3 is 2.61 bits per heavy atom. The number of hydrogen-bond donors (Lipinski definition) is 2. The van der Waals surface area contributed by atoms with E-state index in [0.29, 0.717) is 13.0 Å². The number of para-hydroxylation sites is 1. The van der Waals surface area contributed by atoms with Crippen molar-refractivity contribution < 1.29 is 4.79 Å². The van der Waals surface area contributed by atoms with Crippen LogP contribution in [0.1, 0.15) is 38.3 Å². The van der Waals surface area contributed by atoms with E-state index in [-0.39, 0.29) is 11.3 Å². The van der Waals surface area contributed by atoms with Gasteiger partial charge in [-0.2, -0.15) is 0 Å². The van der Waals surface area contributed by atoms with Crippen LogP contribution in [-0.2, 0) is 11.2 Å². The van der Waals surface area contributed by atoms with Gasteiger partial charge in [-0.15, -0.1) is 0 Å². The van der Waals surface area contributed by atoms with Crippen molar-refractivity contribution in [3.05, 3.63) is 29.3 Å². The summed E-state index contributed by atoms with van der Waals surface area (Å²) in [6.07, 6.45) is 1.36. The van der Waals surface area contributed by atoms with E-state index in [9.17, 15) is 4.79 Å². The van der Waals surface area contributed by atoms with Crippen LogP contribution in [-0.4, -0.2) is 12.5 Å². The van der Waals surface area contributed by atoms with Crippen LogP contribution in [0.2, 0.25) is 0 Å². The molecule has 0 aliphatic rings. The fraction of sp³-hybridized carbons (Fsp3) is 0.533. The van der Waals surface area contributed by atoms with Gasteiger partial charge in [0.15, 0.2) is 0 Å². The number of anilines is 1. The first kappa shape index (κ1) is 14.7. The molecule has 1 aromatic rings. The number of amides is 1. The maximum Gasteiger partial charge on any atom is 0.224 e. The summed E-state index contributed by atoms with van der Waals surface area (Å²) in [5.74, 6) is 0.0365. The monoisotopic (exact) mass is 248 g/mol. The molecular weight excluding hydrogens is 224 g/mol. The van der Waals surface area contributed by atoms with Crippen LogP contribution in [0.15, 0.2) is 18.2 Å². The largest absolute Gasteiger partial charge is 0.330 e. The van der Waals surface area contributed by atoms with E-state index in [2.05, 4.69) is 18.3 Å². The second kappa shape index (κ2) is 6.01. The highest BCUT2D eigenvalue weighted by Crippen LogP contribution is 2.24. The van der Waals surface area contributed by atoms with Crippen LogP contribution in [0, 0.1) is 12.3 Å². The molecule has 0 spiro atoms. The van der Waals surface area contributed by atoms with Crippen molar-refractivity contribution in [3.8, 4) is 0 Å². The van der Waals surface area contributed by atoms with E-state index in [0.717, 1.165) is 17.7 Å². The summed E-state index contributed by atoms with van der Waals surface area (Å²) in [4.78, 5) is 12.0. The molecule has 1 amide bonds. The zero-order valence-electron chi connectivity index (χ0n) is 11.8. The number of benzene rings is 1. The second-order valence-electron chi connectivity index (χ2n) is 5.56. The van der Waals surface area contributed by atoms with Crippen molar-refractivity contribution in [1.82, 2.24) is 0 Å². The van der Waals surface area contributed by atoms with Gasteiger partial charge in [-0.05, 0) is 36.4 Å². The molecule has 18 heavy (non-hydrogen) atoms. The Morgan fingerprint density at radius 1 is 1.39 bits per heavy atom. The number of aryl methyl sites for hydroxylation is 2. The van der Waals surface area contributed by atoms with Crippen molar-refractivity contribution in [2.45, 2.75) is 40.5 Å². The standard InChI is InChI=1S/C15H24N2O/c1-5-12-8-6-7-11(2)14(12)17-13(18)9-15(3,4)10-16/h6-8H,5,9-10,16H2,1-4H3,(H,17,18). The van der Waals surface area contributed by atoms with Crippen LogP contribution >= 0.6 is 0 Å². The summed E-state index contributed by atoms with van der Waals surface area (Å²) in [5.41, 5.74) is 8.74. The minimum Gasteiger partial charge on any atom is -0.330 e. The summed E-state index contributed by atoms with van der Waals surface area (Å²) in [7, 11) is 0. The number of hydrogen-bond acceptors (Lipinski definition) is 2. The Balaban J connectivity index is 2.82. The molecule has 0 bridgehead atoms. The van der Waals surface area contributed by atoms with E-state index < -0.39 is 0 Å². The lowest BCUT2D eigenvalue weighted by atomic mass is 9.89. The molecule has 1 rings (SSSR count). The molecule has 100 valence electrons. The molecule has 0 unspecified atom stereocenters. The topological polar surface area (TPSA) is 55.1 Å². The SMILES string of the molecule is CCc1cccc(C)c1NC(=O)CC(C)(C)CN. The van der Waals surface area contributed by atoms with Gasteiger partial charge in [-0.1, -0.05) is 39.0 Å². The lowest BCUT2D eigenvalue weighted by Gasteiger charge is -2.22. The summed E-state index contributed by atoms with van der Waals surface area (Å²) in [5, 5.41) is 3.03. The van der Waals surface area contributed by atoms with Gasteiger partial charge in [-0.3, -0.25) is 4.79 Å². The van der Waals surface area contributed by atoms with Crippen LogP contribution in [0.4, 0.5) is 5.69 Å². The Hall–Kier alpha value is -1.35. The molecule has 0 radical (unpaired) electrons. The first-order chi connectivity index (χ1) is 8.39. The normalized spacial score (nSPS) is 11.4. The molecule has 0 heterocycles. The first-order valence-electron chi connectivity index (χ1n) is 6.48. The van der Waals surface area contributed by atoms with Crippen molar-refractivity contribution in [2.75, 3.05) is 11.9 Å². The minimum atomic E-state index is -0.154. The van der Waals surface area contributed by atoms with Gasteiger partial charge in [0.1, 0.15) is 0 Å². The maximum atomic E-state index is 12.0. The van der Waals surface area contributed by atoms with Gasteiger partial charge < -0.3 is 11.1 Å². The Bertz CT molecular complexity index is 425. The molecule has 3 nitrogen and oxygen atoms in total. The lowest BCUT2D eigenvalue weighted by molar-refractivity contribution is -0.117. The molecule has 0 fully saturated rings. The zero-order chi connectivity index (χ0) is 13.8. The molecule has 0 aliphatic heterocycles. The Kier molecular flexibility index (Phi) is 4.91. The van der Waals surface area contributed by atoms with Crippen molar-refractivity contribution in [1.29, 1.82) is 0 Å². The van der Waals surface area contributed by atoms with Gasteiger partial charge in [0.25, 0.3) is 0 Å². The molecular formula is C15H24N2O. The van der Waals surface area contributed by atoms with Gasteiger partial charge in [-0.25, -0.2) is 0 Å². The predicted molar refractivity (Wildman–Crippen MR) is 76.6 cm³/mol. The van der Waals surface area contributed by atoms with Gasteiger partial charge in [0, 0.05) is 12.1 Å². The smallest absolute Gasteiger partial charge is 0.224 e. The van der Waals surface area contributed by atoms with Crippen LogP contribution in [0.5, 0.6) is 0 Å². The molecule has 3 N–H and O–H groups in total. The number of nitrogens with one attached hydrogen (secondary N) is 1. The third kappa shape index (κ3) is 3.84. The Morgan fingerprint density at radius 2 is 2.06 bits per heavy atom. The molecule has 0 saturated carbocycles. The maximum absolute atomic E-state index is 12.0. The minimum absolute atomic E-state index is 0.0365. The highest BCUT2D eigenvalue weighted by Gasteiger charge is 2.20. The quantitative estimate of drug-likeness (QED) is 0.842. The van der Waals surface area contributed by atoms with E-state index in [1.807, 2.05) is 32.9 Å². The first-order valence-corrected chi connectivity index (χ1v) is 6.48. The summed E-state index contributed by atoms with van der Waals surface area (Å²) in [6.45, 7) is 8.63. The van der Waals surface area contributed by atoms with E-state index in [4.69, 9.17) is 5.73 Å². The van der Waals surface area contributed by atoms with Gasteiger partial charge in [0.2, 0.25) is 5.91 Å². The van der Waals surface area contributed by atoms with E-state index in [1.165, 1.54) is 5.56 Å². The van der Waals surface area contributed by atoms with Crippen molar-refractivity contribution in [2.24, 2.45) is 11.1 Å². The average Bonchev–Trinajstić information content (AvgIpc) is 2.31. The highest BCUT2D eigenvalue weighted by molar-refractivity contribution is 5.92. The molecule has 0 aromatic heterocycles. The van der Waals surface area contributed by atoms with Crippen LogP contribution in [0.25, 0.3) is 0 Å². The van der Waals surface area contributed by atoms with E-state index >= 15 is 0 Å². The third-order valence-corrected chi connectivity index (χ3v) is 3.20. The predicted octanol–water partition coefficient (Wildman–Crippen LogP) is 2.87. The van der Waals surface area contributed by atoms with Gasteiger partial charge in [0.05, 0.1) is 0 Å². The third-order valence-electron chi connectivity index (χ3n) is 3.20. The van der Waals surface area contributed by atoms with Crippen molar-refractivity contribution in [3.63, 3.8) is 0 Å². The average molecular weight is 248 g/mol. The number of rotatable bonds is 5. The molecule has 0 atom stereocenters. The fourth-order valence-electron chi connectivity index (χ4n) is 1.89. The van der Waals surface area contributed by atoms with E-state index in [1.54, 1.807) is 0 Å². The highest BCUT2D eigenvalue weighted by atomic mass is 16.1. The van der Waals surface area contributed by atoms with Crippen molar-refractivity contribution >= 4 is 11.6 Å². The second-order valence-corrected chi connectivity index (χ2v) is 5.56. The fourth-order valence-corrected chi connectivity index (χ4v) is 1.89. The molecule has 3 heteroatoms. The molecule has 0 aliphatic carbocycles. The zero-order valence-corrected chi connectivity index (χ0v) is 11.8. The summed E-state index contributed by atoms with van der Waals surface area (Å²) >= 11 is 0. The number of carbonyl (C=O) groups excluding carboxylic acids is 1.